The summed E-state index contributed by atoms with van der Waals surface area (Å²) in [5.41, 5.74) is 2.37. The summed E-state index contributed by atoms with van der Waals surface area (Å²) in [5, 5.41) is 0. The summed E-state index contributed by atoms with van der Waals surface area (Å²) in [6.07, 6.45) is 1.63. The van der Waals surface area contributed by atoms with E-state index in [9.17, 15) is 8.76 Å². The summed E-state index contributed by atoms with van der Waals surface area (Å²) in [5.74, 6) is 1.07. The van der Waals surface area contributed by atoms with E-state index in [-0.39, 0.29) is 5.41 Å². The summed E-state index contributed by atoms with van der Waals surface area (Å²) in [7, 11) is 0. The molecule has 28 heavy (non-hydrogen) atoms. The van der Waals surface area contributed by atoms with E-state index in [1.54, 1.807) is 12.3 Å². The van der Waals surface area contributed by atoms with Crippen LogP contribution in [0.2, 0.25) is 0 Å². The zero-order valence-corrected chi connectivity index (χ0v) is 16.9. The van der Waals surface area contributed by atoms with Gasteiger partial charge in [-0.2, -0.15) is 0 Å². The molecule has 6 heteroatoms. The van der Waals surface area contributed by atoms with Crippen molar-refractivity contribution in [3.8, 4) is 11.6 Å². The van der Waals surface area contributed by atoms with E-state index in [0.29, 0.717) is 17.2 Å². The Bertz CT molecular complexity index is 955. The Morgan fingerprint density at radius 1 is 1.00 bits per heavy atom. The van der Waals surface area contributed by atoms with Crippen LogP contribution in [0.1, 0.15) is 43.5 Å². The number of hydrogen-bond donors (Lipinski definition) is 1. The van der Waals surface area contributed by atoms with Crippen LogP contribution in [0, 0.1) is 0 Å². The second kappa shape index (κ2) is 8.65. The zero-order valence-electron chi connectivity index (χ0n) is 16.1. The molecule has 0 bridgehead atoms. The van der Waals surface area contributed by atoms with Gasteiger partial charge in [0.2, 0.25) is 5.88 Å². The number of aromatic nitrogens is 1. The van der Waals surface area contributed by atoms with Crippen LogP contribution in [0.5, 0.6) is 11.6 Å². The van der Waals surface area contributed by atoms with Crippen LogP contribution in [0.3, 0.4) is 0 Å². The average Bonchev–Trinajstić information content (AvgIpc) is 2.67. The van der Waals surface area contributed by atoms with Gasteiger partial charge in [-0.05, 0) is 23.1 Å². The molecule has 0 radical (unpaired) electrons. The Balaban J connectivity index is 2.05. The molecule has 0 aliphatic carbocycles. The molecule has 0 fully saturated rings. The van der Waals surface area contributed by atoms with Crippen molar-refractivity contribution in [2.45, 2.75) is 32.2 Å². The molecule has 3 aromatic rings. The number of pyridine rings is 1. The fourth-order valence-electron chi connectivity index (χ4n) is 3.04. The molecular weight excluding hydrogens is 372 g/mol. The topological polar surface area (TPSA) is 74.3 Å². The lowest BCUT2D eigenvalue weighted by molar-refractivity contribution is 0.430. The Hall–Kier alpha value is -2.54. The fourth-order valence-corrected chi connectivity index (χ4v) is 3.50. The molecule has 5 nitrogen and oxygen atoms in total. The smallest absolute Gasteiger partial charge is 0.224 e. The molecule has 1 N–H and O–H groups in total. The fraction of sp³-hybridized carbons (Fsp3) is 0.227. The third kappa shape index (κ3) is 4.84. The van der Waals surface area contributed by atoms with Gasteiger partial charge in [0.15, 0.2) is 0 Å². The van der Waals surface area contributed by atoms with Gasteiger partial charge in [0.25, 0.3) is 0 Å². The van der Waals surface area contributed by atoms with Gasteiger partial charge in [-0.1, -0.05) is 75.4 Å². The number of hydrogen-bond acceptors (Lipinski definition) is 4. The summed E-state index contributed by atoms with van der Waals surface area (Å²) < 4.78 is 31.7. The molecule has 0 saturated heterocycles. The van der Waals surface area contributed by atoms with E-state index in [1.165, 1.54) is 0 Å². The van der Waals surface area contributed by atoms with E-state index in [2.05, 4.69) is 30.5 Å². The van der Waals surface area contributed by atoms with Crippen molar-refractivity contribution in [1.82, 2.24) is 9.71 Å². The largest absolute Gasteiger partial charge is 0.760 e. The molecule has 146 valence electrons. The lowest BCUT2D eigenvalue weighted by Gasteiger charge is -2.25. The summed E-state index contributed by atoms with van der Waals surface area (Å²) in [6.45, 7) is 6.34. The highest BCUT2D eigenvalue weighted by Crippen LogP contribution is 2.36. The van der Waals surface area contributed by atoms with Gasteiger partial charge >= 0.3 is 0 Å². The van der Waals surface area contributed by atoms with Crippen LogP contribution in [0.25, 0.3) is 0 Å². The van der Waals surface area contributed by atoms with Crippen molar-refractivity contribution in [2.24, 2.45) is 0 Å². The highest BCUT2D eigenvalue weighted by Gasteiger charge is 2.23. The van der Waals surface area contributed by atoms with Crippen LogP contribution >= 0.6 is 0 Å². The van der Waals surface area contributed by atoms with Crippen molar-refractivity contribution in [3.05, 3.63) is 89.6 Å². The van der Waals surface area contributed by atoms with Crippen LogP contribution in [-0.2, 0) is 16.7 Å². The first-order chi connectivity index (χ1) is 13.4. The van der Waals surface area contributed by atoms with Crippen molar-refractivity contribution < 1.29 is 13.5 Å². The predicted octanol–water partition coefficient (Wildman–Crippen LogP) is 4.64. The maximum absolute atomic E-state index is 11.4. The molecular formula is C22H23N2O3S-. The SMILES string of the molecule is CC(C)(C)c1ccccc1Oc1ncccc1C(NS(=O)[O-])c1ccccc1. The lowest BCUT2D eigenvalue weighted by atomic mass is 9.86. The van der Waals surface area contributed by atoms with E-state index in [4.69, 9.17) is 4.74 Å². The molecule has 3 rings (SSSR count). The van der Waals surface area contributed by atoms with Gasteiger partial charge in [0.1, 0.15) is 5.75 Å². The Morgan fingerprint density at radius 3 is 2.36 bits per heavy atom. The molecule has 2 aromatic carbocycles. The van der Waals surface area contributed by atoms with Crippen LogP contribution in [0.15, 0.2) is 72.9 Å². The minimum absolute atomic E-state index is 0.112. The second-order valence-corrected chi connectivity index (χ2v) is 8.15. The first-order valence-corrected chi connectivity index (χ1v) is 10.1. The maximum atomic E-state index is 11.4. The number of benzene rings is 2. The number of ether oxygens (including phenoxy) is 1. The number of para-hydroxylation sites is 1. The van der Waals surface area contributed by atoms with Gasteiger partial charge < -0.3 is 9.29 Å². The number of rotatable bonds is 6. The molecule has 0 spiro atoms. The highest BCUT2D eigenvalue weighted by molar-refractivity contribution is 7.77. The van der Waals surface area contributed by atoms with Crippen LogP contribution in [0.4, 0.5) is 0 Å². The monoisotopic (exact) mass is 395 g/mol. The van der Waals surface area contributed by atoms with Crippen LogP contribution < -0.4 is 9.46 Å². The predicted molar refractivity (Wildman–Crippen MR) is 110 cm³/mol. The quantitative estimate of drug-likeness (QED) is 0.617. The van der Waals surface area contributed by atoms with Crippen molar-refractivity contribution in [1.29, 1.82) is 0 Å². The Kier molecular flexibility index (Phi) is 6.24. The molecule has 2 unspecified atom stereocenters. The summed E-state index contributed by atoms with van der Waals surface area (Å²) in [4.78, 5) is 4.39. The molecule has 0 aliphatic heterocycles. The van der Waals surface area contributed by atoms with E-state index in [0.717, 1.165) is 11.1 Å². The van der Waals surface area contributed by atoms with E-state index in [1.807, 2.05) is 60.7 Å². The third-order valence-electron chi connectivity index (χ3n) is 4.36. The maximum Gasteiger partial charge on any atom is 0.224 e. The average molecular weight is 396 g/mol. The molecule has 0 amide bonds. The first kappa shape index (κ1) is 20.2. The molecule has 1 heterocycles. The van der Waals surface area contributed by atoms with Gasteiger partial charge in [0.05, 0.1) is 6.04 Å². The second-order valence-electron chi connectivity index (χ2n) is 7.44. The molecule has 0 aliphatic rings. The summed E-state index contributed by atoms with van der Waals surface area (Å²) >= 11 is -2.45. The summed E-state index contributed by atoms with van der Waals surface area (Å²) in [6, 6.07) is 20.1. The van der Waals surface area contributed by atoms with Crippen molar-refractivity contribution in [3.63, 3.8) is 0 Å². The van der Waals surface area contributed by atoms with Crippen molar-refractivity contribution in [2.75, 3.05) is 0 Å². The Morgan fingerprint density at radius 2 is 1.68 bits per heavy atom. The zero-order chi connectivity index (χ0) is 20.1. The minimum atomic E-state index is -2.45. The molecule has 0 saturated carbocycles. The highest BCUT2D eigenvalue weighted by atomic mass is 32.2. The van der Waals surface area contributed by atoms with E-state index < -0.39 is 17.3 Å². The van der Waals surface area contributed by atoms with Gasteiger partial charge in [0, 0.05) is 28.6 Å². The van der Waals surface area contributed by atoms with Gasteiger partial charge in [-0.15, -0.1) is 0 Å². The first-order valence-electron chi connectivity index (χ1n) is 8.99. The molecule has 1 aromatic heterocycles. The third-order valence-corrected chi connectivity index (χ3v) is 4.79. The number of nitrogens with one attached hydrogen (secondary N) is 1. The van der Waals surface area contributed by atoms with Crippen molar-refractivity contribution >= 4 is 11.3 Å². The van der Waals surface area contributed by atoms with E-state index >= 15 is 0 Å². The normalized spacial score (nSPS) is 13.7. The van der Waals surface area contributed by atoms with Gasteiger partial charge in [-0.25, -0.2) is 9.71 Å². The standard InChI is InChI=1S/C22H24N2O3S/c1-22(2,3)18-13-7-8-14-19(18)27-21-17(12-9-15-23-21)20(24-28(25)26)16-10-5-4-6-11-16/h4-15,20,24H,1-3H3,(H,25,26)/p-1. The van der Waals surface area contributed by atoms with Gasteiger partial charge in [-0.3, -0.25) is 4.21 Å². The lowest BCUT2D eigenvalue weighted by Crippen LogP contribution is -2.25. The number of nitrogens with zero attached hydrogens (tertiary/aromatic N) is 1. The molecule has 2 atom stereocenters. The van der Waals surface area contributed by atoms with Crippen LogP contribution in [-0.4, -0.2) is 13.7 Å². The minimum Gasteiger partial charge on any atom is -0.760 e. The Labute approximate surface area is 168 Å².